The van der Waals surface area contributed by atoms with Crippen LogP contribution in [0.2, 0.25) is 5.02 Å². The molecule has 0 radical (unpaired) electrons. The van der Waals surface area contributed by atoms with Crippen molar-refractivity contribution >= 4 is 23.4 Å². The summed E-state index contributed by atoms with van der Waals surface area (Å²) >= 11 is 5.95. The Morgan fingerprint density at radius 3 is 2.62 bits per heavy atom. The number of amides is 2. The summed E-state index contributed by atoms with van der Waals surface area (Å²) in [5, 5.41) is 8.06. The topological polar surface area (TPSA) is 75.4 Å². The number of hydrogen-bond donors (Lipinski definition) is 1. The molecule has 7 heteroatoms. The number of piperazine rings is 1. The molecule has 2 amide bonds. The van der Waals surface area contributed by atoms with Crippen molar-refractivity contribution in [3.05, 3.63) is 41.0 Å². The largest absolute Gasteiger partial charge is 0.356 e. The van der Waals surface area contributed by atoms with Crippen LogP contribution in [0.3, 0.4) is 0 Å². The zero-order valence-corrected chi connectivity index (χ0v) is 20.0. The van der Waals surface area contributed by atoms with Gasteiger partial charge in [-0.2, -0.15) is 0 Å². The predicted molar refractivity (Wildman–Crippen MR) is 124 cm³/mol. The first kappa shape index (κ1) is 22.8. The van der Waals surface area contributed by atoms with Crippen LogP contribution in [0.1, 0.15) is 52.7 Å². The third-order valence-electron chi connectivity index (χ3n) is 6.74. The zero-order valence-electron chi connectivity index (χ0n) is 19.2. The van der Waals surface area contributed by atoms with E-state index in [9.17, 15) is 9.59 Å². The molecule has 2 unspecified atom stereocenters. The lowest BCUT2D eigenvalue weighted by atomic mass is 9.94. The fraction of sp³-hybridized carbons (Fsp3) is 0.560. The summed E-state index contributed by atoms with van der Waals surface area (Å²) in [4.78, 5) is 28.1. The Morgan fingerprint density at radius 2 is 2.00 bits per heavy atom. The van der Waals surface area contributed by atoms with Crippen molar-refractivity contribution in [1.82, 2.24) is 15.4 Å². The van der Waals surface area contributed by atoms with Crippen LogP contribution in [0.15, 0.2) is 34.9 Å². The highest BCUT2D eigenvalue weighted by molar-refractivity contribution is 6.30. The highest BCUT2D eigenvalue weighted by atomic mass is 35.5. The van der Waals surface area contributed by atoms with Gasteiger partial charge in [-0.15, -0.1) is 0 Å². The van der Waals surface area contributed by atoms with Gasteiger partial charge in [-0.1, -0.05) is 44.5 Å². The van der Waals surface area contributed by atoms with Gasteiger partial charge in [0, 0.05) is 36.0 Å². The smallest absolute Gasteiger partial charge is 0.243 e. The molecule has 1 spiro atoms. The highest BCUT2D eigenvalue weighted by Gasteiger charge is 2.61. The number of aryl methyl sites for hydroxylation is 1. The minimum absolute atomic E-state index is 0.00656. The van der Waals surface area contributed by atoms with Gasteiger partial charge in [-0.3, -0.25) is 9.59 Å². The van der Waals surface area contributed by atoms with Crippen molar-refractivity contribution in [2.24, 2.45) is 17.8 Å². The second-order valence-electron chi connectivity index (χ2n) is 10.1. The van der Waals surface area contributed by atoms with Gasteiger partial charge in [-0.05, 0) is 54.9 Å². The second-order valence-corrected chi connectivity index (χ2v) is 10.5. The van der Waals surface area contributed by atoms with E-state index in [-0.39, 0.29) is 17.4 Å². The Labute approximate surface area is 194 Å². The van der Waals surface area contributed by atoms with Gasteiger partial charge in [0.15, 0.2) is 5.76 Å². The summed E-state index contributed by atoms with van der Waals surface area (Å²) in [7, 11) is 0. The number of carbonyl (C=O) groups excluding carboxylic acids is 2. The van der Waals surface area contributed by atoms with E-state index in [4.69, 9.17) is 16.1 Å². The molecule has 1 saturated carbocycles. The average molecular weight is 458 g/mol. The summed E-state index contributed by atoms with van der Waals surface area (Å²) < 4.78 is 5.46. The Bertz CT molecular complexity index is 985. The lowest BCUT2D eigenvalue weighted by Crippen LogP contribution is -2.64. The lowest BCUT2D eigenvalue weighted by Gasteiger charge is -2.41. The van der Waals surface area contributed by atoms with Gasteiger partial charge in [0.1, 0.15) is 6.04 Å². The summed E-state index contributed by atoms with van der Waals surface area (Å²) in [6, 6.07) is 8.82. The Hall–Kier alpha value is -2.34. The molecule has 1 aliphatic carbocycles. The molecule has 172 valence electrons. The molecular formula is C25H32ClN3O3. The molecule has 1 saturated heterocycles. The fourth-order valence-corrected chi connectivity index (χ4v) is 5.08. The third-order valence-corrected chi connectivity index (χ3v) is 6.99. The molecule has 1 aliphatic heterocycles. The molecule has 2 fully saturated rings. The van der Waals surface area contributed by atoms with E-state index < -0.39 is 6.04 Å². The van der Waals surface area contributed by atoms with Crippen LogP contribution in [0, 0.1) is 17.8 Å². The Kier molecular flexibility index (Phi) is 6.35. The Morgan fingerprint density at radius 1 is 1.28 bits per heavy atom. The van der Waals surface area contributed by atoms with E-state index >= 15 is 0 Å². The predicted octanol–water partition coefficient (Wildman–Crippen LogP) is 4.72. The number of carbonyl (C=O) groups is 2. The van der Waals surface area contributed by atoms with Crippen molar-refractivity contribution in [1.29, 1.82) is 0 Å². The monoisotopic (exact) mass is 457 g/mol. The van der Waals surface area contributed by atoms with Crippen LogP contribution in [0.25, 0.3) is 11.3 Å². The molecule has 32 heavy (non-hydrogen) atoms. The van der Waals surface area contributed by atoms with Gasteiger partial charge < -0.3 is 14.7 Å². The van der Waals surface area contributed by atoms with Crippen LogP contribution in [0.4, 0.5) is 0 Å². The molecule has 0 bridgehead atoms. The van der Waals surface area contributed by atoms with Gasteiger partial charge in [0.2, 0.25) is 11.8 Å². The molecule has 6 nitrogen and oxygen atoms in total. The van der Waals surface area contributed by atoms with Crippen molar-refractivity contribution in [3.8, 4) is 11.3 Å². The lowest BCUT2D eigenvalue weighted by molar-refractivity contribution is -0.146. The standard InChI is InChI=1S/C25H32ClN3O3/c1-15(2)11-21-24(31)27-25(13-20(25)16(3)4)14-29(21)23(30)10-9-19-12-22(32-28-19)17-5-7-18(26)8-6-17/h5-8,12,15-16,20-21H,9-11,13-14H2,1-4H3,(H,27,31)/t20?,21-,25?/m0/s1. The number of rotatable bonds is 7. The average Bonchev–Trinajstić information content (AvgIpc) is 3.22. The molecule has 1 aromatic carbocycles. The minimum Gasteiger partial charge on any atom is -0.356 e. The van der Waals surface area contributed by atoms with Crippen molar-refractivity contribution in [2.45, 2.75) is 65.0 Å². The van der Waals surface area contributed by atoms with Gasteiger partial charge in [-0.25, -0.2) is 0 Å². The van der Waals surface area contributed by atoms with Crippen molar-refractivity contribution in [2.75, 3.05) is 6.54 Å². The maximum absolute atomic E-state index is 13.3. The van der Waals surface area contributed by atoms with Gasteiger partial charge >= 0.3 is 0 Å². The molecule has 2 aliphatic rings. The first-order chi connectivity index (χ1) is 15.2. The highest BCUT2D eigenvalue weighted by Crippen LogP contribution is 2.50. The van der Waals surface area contributed by atoms with Gasteiger partial charge in [0.25, 0.3) is 0 Å². The van der Waals surface area contributed by atoms with Crippen LogP contribution < -0.4 is 5.32 Å². The summed E-state index contributed by atoms with van der Waals surface area (Å²) in [6.45, 7) is 9.14. The quantitative estimate of drug-likeness (QED) is 0.653. The van der Waals surface area contributed by atoms with E-state index in [1.165, 1.54) is 0 Å². The summed E-state index contributed by atoms with van der Waals surface area (Å²) in [5.41, 5.74) is 1.37. The van der Waals surface area contributed by atoms with E-state index in [2.05, 4.69) is 38.2 Å². The summed E-state index contributed by atoms with van der Waals surface area (Å²) in [5.74, 6) is 1.89. The molecule has 2 heterocycles. The molecule has 1 N–H and O–H groups in total. The fourth-order valence-electron chi connectivity index (χ4n) is 4.96. The van der Waals surface area contributed by atoms with E-state index in [0.29, 0.717) is 54.3 Å². The van der Waals surface area contributed by atoms with Crippen molar-refractivity contribution < 1.29 is 14.1 Å². The van der Waals surface area contributed by atoms with Gasteiger partial charge in [0.05, 0.1) is 11.2 Å². The number of halogens is 1. The summed E-state index contributed by atoms with van der Waals surface area (Å²) in [6.07, 6.45) is 2.40. The minimum atomic E-state index is -0.400. The normalized spacial score (nSPS) is 25.0. The number of hydrogen-bond acceptors (Lipinski definition) is 4. The molecule has 1 aromatic heterocycles. The first-order valence-electron chi connectivity index (χ1n) is 11.5. The number of nitrogens with zero attached hydrogens (tertiary/aromatic N) is 2. The van der Waals surface area contributed by atoms with E-state index in [1.807, 2.05) is 23.1 Å². The number of benzene rings is 1. The molecular weight excluding hydrogens is 426 g/mol. The van der Waals surface area contributed by atoms with Crippen LogP contribution in [-0.4, -0.2) is 40.0 Å². The van der Waals surface area contributed by atoms with Crippen LogP contribution in [-0.2, 0) is 16.0 Å². The van der Waals surface area contributed by atoms with E-state index in [0.717, 1.165) is 17.7 Å². The zero-order chi connectivity index (χ0) is 23.0. The number of aromatic nitrogens is 1. The third kappa shape index (κ3) is 4.70. The molecule has 4 rings (SSSR count). The van der Waals surface area contributed by atoms with Crippen LogP contribution in [0.5, 0.6) is 0 Å². The van der Waals surface area contributed by atoms with Crippen molar-refractivity contribution in [3.63, 3.8) is 0 Å². The van der Waals surface area contributed by atoms with E-state index in [1.54, 1.807) is 12.1 Å². The number of nitrogens with one attached hydrogen (secondary N) is 1. The molecule has 3 atom stereocenters. The second kappa shape index (κ2) is 8.89. The maximum atomic E-state index is 13.3. The molecule has 2 aromatic rings. The first-order valence-corrected chi connectivity index (χ1v) is 11.9. The Balaban J connectivity index is 1.44. The van der Waals surface area contributed by atoms with Crippen LogP contribution >= 0.6 is 11.6 Å². The maximum Gasteiger partial charge on any atom is 0.243 e. The SMILES string of the molecule is CC(C)C[C@H]1C(=O)NC2(CC2C(C)C)CN1C(=O)CCc1cc(-c2ccc(Cl)cc2)on1.